The van der Waals surface area contributed by atoms with Crippen LogP contribution in [0.15, 0.2) is 78.9 Å². The number of hydrogen-bond donors (Lipinski definition) is 0. The van der Waals surface area contributed by atoms with Gasteiger partial charge in [0, 0.05) is 0 Å². The zero-order valence-electron chi connectivity index (χ0n) is 10.4. The summed E-state index contributed by atoms with van der Waals surface area (Å²) in [7, 11) is 0. The molecule has 0 saturated carbocycles. The van der Waals surface area contributed by atoms with Gasteiger partial charge in [-0.25, -0.2) is 0 Å². The molecule has 0 amide bonds. The normalized spacial score (nSPS) is 10.1. The second kappa shape index (κ2) is 5.40. The molecule has 0 fully saturated rings. The van der Waals surface area contributed by atoms with E-state index in [4.69, 9.17) is 4.74 Å². The highest BCUT2D eigenvalue weighted by atomic mass is 16.5. The van der Waals surface area contributed by atoms with Crippen molar-refractivity contribution in [2.75, 3.05) is 0 Å². The second-order valence-corrected chi connectivity index (χ2v) is 4.23. The third-order valence-electron chi connectivity index (χ3n) is 2.88. The highest BCUT2D eigenvalue weighted by Crippen LogP contribution is 2.25. The van der Waals surface area contributed by atoms with E-state index in [1.54, 1.807) is 0 Å². The van der Waals surface area contributed by atoms with E-state index in [2.05, 4.69) is 18.2 Å². The fraction of sp³-hybridized carbons (Fsp3) is 0. The van der Waals surface area contributed by atoms with Gasteiger partial charge in [-0.05, 0) is 41.5 Å². The smallest absolute Gasteiger partial charge is 0.127 e. The summed E-state index contributed by atoms with van der Waals surface area (Å²) >= 11 is 0. The number of benzene rings is 3. The van der Waals surface area contributed by atoms with E-state index < -0.39 is 0 Å². The minimum Gasteiger partial charge on any atom is -0.457 e. The molecule has 19 heavy (non-hydrogen) atoms. The average molecular weight is 245 g/mol. The first-order valence-corrected chi connectivity index (χ1v) is 6.21. The summed E-state index contributed by atoms with van der Waals surface area (Å²) in [5, 5.41) is 0. The van der Waals surface area contributed by atoms with E-state index in [9.17, 15) is 0 Å². The molecule has 1 nitrogen and oxygen atoms in total. The summed E-state index contributed by atoms with van der Waals surface area (Å²) in [6, 6.07) is 28.8. The molecule has 3 aromatic carbocycles. The van der Waals surface area contributed by atoms with Gasteiger partial charge < -0.3 is 4.74 Å². The number of para-hydroxylation sites is 1. The Morgan fingerprint density at radius 3 is 1.84 bits per heavy atom. The predicted octanol–water partition coefficient (Wildman–Crippen LogP) is 4.95. The van der Waals surface area contributed by atoms with Crippen molar-refractivity contribution in [2.45, 2.75) is 0 Å². The van der Waals surface area contributed by atoms with Crippen molar-refractivity contribution in [1.82, 2.24) is 0 Å². The van der Waals surface area contributed by atoms with E-state index in [-0.39, 0.29) is 0 Å². The lowest BCUT2D eigenvalue weighted by Crippen LogP contribution is -1.83. The van der Waals surface area contributed by atoms with E-state index in [1.165, 1.54) is 11.1 Å². The molecule has 0 spiro atoms. The Bertz CT molecular complexity index is 628. The Balaban J connectivity index is 1.80. The van der Waals surface area contributed by atoms with Crippen LogP contribution in [0.5, 0.6) is 11.5 Å². The summed E-state index contributed by atoms with van der Waals surface area (Å²) in [6.45, 7) is 0. The molecule has 0 atom stereocenters. The first-order chi connectivity index (χ1) is 9.42. The van der Waals surface area contributed by atoms with Gasteiger partial charge in [-0.1, -0.05) is 54.6 Å². The molecule has 0 heterocycles. The molecule has 0 unspecified atom stereocenters. The topological polar surface area (TPSA) is 9.23 Å². The Kier molecular flexibility index (Phi) is 3.28. The minimum atomic E-state index is 0.845. The highest BCUT2D eigenvalue weighted by Gasteiger charge is 1.99. The summed E-state index contributed by atoms with van der Waals surface area (Å²) < 4.78 is 5.76. The maximum absolute atomic E-state index is 5.76. The highest BCUT2D eigenvalue weighted by molar-refractivity contribution is 5.63. The zero-order valence-corrected chi connectivity index (χ0v) is 10.4. The molecule has 0 aliphatic heterocycles. The van der Waals surface area contributed by atoms with Gasteiger partial charge >= 0.3 is 0 Å². The molecule has 1 radical (unpaired) electrons. The number of hydrogen-bond acceptors (Lipinski definition) is 1. The van der Waals surface area contributed by atoms with Crippen LogP contribution in [0.2, 0.25) is 0 Å². The van der Waals surface area contributed by atoms with Gasteiger partial charge in [-0.3, -0.25) is 0 Å². The van der Waals surface area contributed by atoms with E-state index in [0.717, 1.165) is 11.5 Å². The van der Waals surface area contributed by atoms with E-state index >= 15 is 0 Å². The molecular weight excluding hydrogens is 232 g/mol. The quantitative estimate of drug-likeness (QED) is 0.634. The molecule has 0 bridgehead atoms. The van der Waals surface area contributed by atoms with Crippen LogP contribution < -0.4 is 4.74 Å². The summed E-state index contributed by atoms with van der Waals surface area (Å²) in [5.41, 5.74) is 2.36. The second-order valence-electron chi connectivity index (χ2n) is 4.23. The third-order valence-corrected chi connectivity index (χ3v) is 2.88. The van der Waals surface area contributed by atoms with Gasteiger partial charge in [-0.2, -0.15) is 0 Å². The van der Waals surface area contributed by atoms with Crippen LogP contribution in [0.1, 0.15) is 0 Å². The molecule has 0 aliphatic carbocycles. The lowest BCUT2D eigenvalue weighted by molar-refractivity contribution is 0.483. The first kappa shape index (κ1) is 11.5. The van der Waals surface area contributed by atoms with Crippen LogP contribution in [0, 0.1) is 6.07 Å². The van der Waals surface area contributed by atoms with Crippen molar-refractivity contribution < 1.29 is 4.74 Å². The van der Waals surface area contributed by atoms with Crippen LogP contribution in [-0.2, 0) is 0 Å². The van der Waals surface area contributed by atoms with Crippen molar-refractivity contribution in [3.63, 3.8) is 0 Å². The standard InChI is InChI=1S/C18H13O/c1-3-7-15(8-4-1)16-11-13-18(14-12-16)19-17-9-5-2-6-10-17/h2-14H. The Morgan fingerprint density at radius 1 is 0.579 bits per heavy atom. The summed E-state index contributed by atoms with van der Waals surface area (Å²) in [6.07, 6.45) is 0. The molecule has 0 N–H and O–H groups in total. The van der Waals surface area contributed by atoms with Crippen molar-refractivity contribution >= 4 is 0 Å². The van der Waals surface area contributed by atoms with Crippen molar-refractivity contribution in [2.24, 2.45) is 0 Å². The largest absolute Gasteiger partial charge is 0.457 e. The van der Waals surface area contributed by atoms with Crippen LogP contribution in [0.4, 0.5) is 0 Å². The maximum atomic E-state index is 5.76. The molecule has 3 rings (SSSR count). The third kappa shape index (κ3) is 2.83. The maximum Gasteiger partial charge on any atom is 0.127 e. The minimum absolute atomic E-state index is 0.845. The molecule has 0 aromatic heterocycles. The van der Waals surface area contributed by atoms with E-state index in [0.29, 0.717) is 0 Å². The Labute approximate surface area is 113 Å². The molecule has 0 aliphatic rings. The van der Waals surface area contributed by atoms with Crippen LogP contribution in [0.3, 0.4) is 0 Å². The molecular formula is C18H13O. The van der Waals surface area contributed by atoms with Gasteiger partial charge in [0.05, 0.1) is 0 Å². The SMILES string of the molecule is [c]1ccc(-c2ccc(Oc3ccccc3)cc2)cc1. The lowest BCUT2D eigenvalue weighted by atomic mass is 10.1. The van der Waals surface area contributed by atoms with Crippen molar-refractivity contribution in [3.8, 4) is 22.6 Å². The Hall–Kier alpha value is -2.54. The average Bonchev–Trinajstić information content (AvgIpc) is 2.50. The predicted molar refractivity (Wildman–Crippen MR) is 77.2 cm³/mol. The van der Waals surface area contributed by atoms with Gasteiger partial charge in [0.2, 0.25) is 0 Å². The summed E-state index contributed by atoms with van der Waals surface area (Å²) in [5.74, 6) is 1.70. The number of ether oxygens (including phenoxy) is 1. The van der Waals surface area contributed by atoms with Gasteiger partial charge in [0.25, 0.3) is 0 Å². The monoisotopic (exact) mass is 245 g/mol. The fourth-order valence-corrected chi connectivity index (χ4v) is 1.92. The van der Waals surface area contributed by atoms with Crippen LogP contribution in [0.25, 0.3) is 11.1 Å². The van der Waals surface area contributed by atoms with Gasteiger partial charge in [0.15, 0.2) is 0 Å². The van der Waals surface area contributed by atoms with E-state index in [1.807, 2.05) is 66.7 Å². The zero-order chi connectivity index (χ0) is 12.9. The Morgan fingerprint density at radius 2 is 1.16 bits per heavy atom. The van der Waals surface area contributed by atoms with Crippen LogP contribution >= 0.6 is 0 Å². The van der Waals surface area contributed by atoms with Crippen molar-refractivity contribution in [1.29, 1.82) is 0 Å². The summed E-state index contributed by atoms with van der Waals surface area (Å²) in [4.78, 5) is 0. The van der Waals surface area contributed by atoms with Crippen LogP contribution in [-0.4, -0.2) is 0 Å². The lowest BCUT2D eigenvalue weighted by Gasteiger charge is -2.06. The molecule has 0 saturated heterocycles. The number of rotatable bonds is 3. The first-order valence-electron chi connectivity index (χ1n) is 6.21. The molecule has 3 aromatic rings. The molecule has 1 heteroatoms. The molecule has 91 valence electrons. The van der Waals surface area contributed by atoms with Gasteiger partial charge in [-0.15, -0.1) is 0 Å². The van der Waals surface area contributed by atoms with Gasteiger partial charge in [0.1, 0.15) is 11.5 Å². The van der Waals surface area contributed by atoms with Crippen molar-refractivity contribution in [3.05, 3.63) is 84.9 Å². The fourth-order valence-electron chi connectivity index (χ4n) is 1.92.